The van der Waals surface area contributed by atoms with E-state index in [1.807, 2.05) is 19.1 Å². The molecule has 1 atom stereocenters. The predicted octanol–water partition coefficient (Wildman–Crippen LogP) is 3.84. The molecule has 7 nitrogen and oxygen atoms in total. The monoisotopic (exact) mass is 442 g/mol. The van der Waals surface area contributed by atoms with Crippen molar-refractivity contribution in [1.29, 1.82) is 0 Å². The van der Waals surface area contributed by atoms with Crippen LogP contribution in [0.1, 0.15) is 48.5 Å². The summed E-state index contributed by atoms with van der Waals surface area (Å²) in [4.78, 5) is 36.9. The van der Waals surface area contributed by atoms with E-state index in [0.717, 1.165) is 12.0 Å². The number of benzene rings is 2. The van der Waals surface area contributed by atoms with Gasteiger partial charge in [-0.05, 0) is 42.7 Å². The van der Waals surface area contributed by atoms with Gasteiger partial charge in [-0.15, -0.1) is 0 Å². The predicted molar refractivity (Wildman–Crippen MR) is 116 cm³/mol. The molecular weight excluding hydrogens is 420 g/mol. The molecular formula is C23H23ClN2O5. The van der Waals surface area contributed by atoms with Crippen molar-refractivity contribution < 1.29 is 23.9 Å². The van der Waals surface area contributed by atoms with Gasteiger partial charge in [0.25, 0.3) is 5.91 Å². The zero-order valence-corrected chi connectivity index (χ0v) is 17.9. The van der Waals surface area contributed by atoms with Gasteiger partial charge in [-0.25, -0.2) is 0 Å². The van der Waals surface area contributed by atoms with Gasteiger partial charge in [0.05, 0.1) is 23.7 Å². The minimum absolute atomic E-state index is 0.244. The Balaban J connectivity index is 1.52. The lowest BCUT2D eigenvalue weighted by Crippen LogP contribution is -2.51. The standard InChI is InChI=1S/C23H23ClN2O5/c1-2-23(9-8-19(27)26-22(23)29)15-4-6-16(7-5-15)25-21(28)14-12-17(24)20-18(13-14)30-10-3-11-31-20/h4-7,12-13H,2-3,8-11H2,1H3,(H,25,28)(H,26,27,29). The molecule has 1 saturated heterocycles. The van der Waals surface area contributed by atoms with Crippen LogP contribution in [-0.4, -0.2) is 30.9 Å². The molecule has 2 aliphatic heterocycles. The van der Waals surface area contributed by atoms with Gasteiger partial charge in [-0.3, -0.25) is 19.7 Å². The van der Waals surface area contributed by atoms with E-state index in [2.05, 4.69) is 10.6 Å². The van der Waals surface area contributed by atoms with Crippen molar-refractivity contribution in [2.45, 2.75) is 38.0 Å². The van der Waals surface area contributed by atoms with Crippen molar-refractivity contribution >= 4 is 35.0 Å². The molecule has 0 spiro atoms. The maximum atomic E-state index is 12.8. The molecule has 2 N–H and O–H groups in total. The molecule has 3 amide bonds. The third kappa shape index (κ3) is 4.10. The van der Waals surface area contributed by atoms with E-state index in [4.69, 9.17) is 21.1 Å². The van der Waals surface area contributed by atoms with Crippen LogP contribution in [0.3, 0.4) is 0 Å². The molecule has 1 unspecified atom stereocenters. The quantitative estimate of drug-likeness (QED) is 0.702. The van der Waals surface area contributed by atoms with Crippen LogP contribution in [0.5, 0.6) is 11.5 Å². The number of amides is 3. The summed E-state index contributed by atoms with van der Waals surface area (Å²) < 4.78 is 11.2. The number of carbonyl (C=O) groups is 3. The van der Waals surface area contributed by atoms with E-state index in [9.17, 15) is 14.4 Å². The van der Waals surface area contributed by atoms with Crippen LogP contribution in [0.25, 0.3) is 0 Å². The number of imide groups is 1. The third-order valence-corrected chi connectivity index (χ3v) is 6.11. The number of ether oxygens (including phenoxy) is 2. The Hall–Kier alpha value is -3.06. The maximum Gasteiger partial charge on any atom is 0.255 e. The fourth-order valence-electron chi connectivity index (χ4n) is 4.00. The molecule has 2 heterocycles. The first-order valence-electron chi connectivity index (χ1n) is 10.3. The molecule has 31 heavy (non-hydrogen) atoms. The number of hydrogen-bond acceptors (Lipinski definition) is 5. The maximum absolute atomic E-state index is 12.8. The van der Waals surface area contributed by atoms with Crippen molar-refractivity contribution in [2.75, 3.05) is 18.5 Å². The molecule has 0 aromatic heterocycles. The molecule has 2 aromatic carbocycles. The number of nitrogens with one attached hydrogen (secondary N) is 2. The van der Waals surface area contributed by atoms with Crippen LogP contribution in [0, 0.1) is 0 Å². The molecule has 4 rings (SSSR count). The largest absolute Gasteiger partial charge is 0.489 e. The van der Waals surface area contributed by atoms with Gasteiger partial charge in [0.15, 0.2) is 11.5 Å². The molecule has 2 aromatic rings. The summed E-state index contributed by atoms with van der Waals surface area (Å²) in [5.74, 6) is 0.0514. The number of fused-ring (bicyclic) bond motifs is 1. The van der Waals surface area contributed by atoms with Crippen LogP contribution in [0.15, 0.2) is 36.4 Å². The van der Waals surface area contributed by atoms with Gasteiger partial charge < -0.3 is 14.8 Å². The second-order valence-electron chi connectivity index (χ2n) is 7.68. The van der Waals surface area contributed by atoms with Gasteiger partial charge >= 0.3 is 0 Å². The summed E-state index contributed by atoms with van der Waals surface area (Å²) in [6.45, 7) is 2.93. The fraction of sp³-hybridized carbons (Fsp3) is 0.348. The number of piperidine rings is 1. The van der Waals surface area contributed by atoms with Gasteiger partial charge in [-0.1, -0.05) is 30.7 Å². The molecule has 0 aliphatic carbocycles. The average molecular weight is 443 g/mol. The summed E-state index contributed by atoms with van der Waals surface area (Å²) >= 11 is 6.28. The number of rotatable bonds is 4. The topological polar surface area (TPSA) is 93.7 Å². The number of halogens is 1. The second-order valence-corrected chi connectivity index (χ2v) is 8.09. The summed E-state index contributed by atoms with van der Waals surface area (Å²) in [5.41, 5.74) is 1.01. The molecule has 0 radical (unpaired) electrons. The highest BCUT2D eigenvalue weighted by atomic mass is 35.5. The minimum atomic E-state index is -0.738. The third-order valence-electron chi connectivity index (χ3n) is 5.83. The molecule has 2 aliphatic rings. The van der Waals surface area contributed by atoms with Crippen LogP contribution in [-0.2, 0) is 15.0 Å². The minimum Gasteiger partial charge on any atom is -0.489 e. The first-order valence-corrected chi connectivity index (χ1v) is 10.7. The summed E-state index contributed by atoms with van der Waals surface area (Å²) in [6.07, 6.45) is 2.09. The van der Waals surface area contributed by atoms with Crippen molar-refractivity contribution in [3.63, 3.8) is 0 Å². The van der Waals surface area contributed by atoms with E-state index in [1.165, 1.54) is 0 Å². The van der Waals surface area contributed by atoms with E-state index >= 15 is 0 Å². The van der Waals surface area contributed by atoms with Gasteiger partial charge in [0.1, 0.15) is 0 Å². The van der Waals surface area contributed by atoms with Crippen molar-refractivity contribution in [2.24, 2.45) is 0 Å². The zero-order chi connectivity index (χ0) is 22.0. The highest BCUT2D eigenvalue weighted by molar-refractivity contribution is 6.32. The first-order chi connectivity index (χ1) is 14.9. The number of hydrogen-bond donors (Lipinski definition) is 2. The van der Waals surface area contributed by atoms with Gasteiger partial charge in [-0.2, -0.15) is 0 Å². The average Bonchev–Trinajstić information content (AvgIpc) is 3.01. The van der Waals surface area contributed by atoms with E-state index in [1.54, 1.807) is 24.3 Å². The van der Waals surface area contributed by atoms with Crippen LogP contribution in [0.2, 0.25) is 5.02 Å². The zero-order valence-electron chi connectivity index (χ0n) is 17.1. The Morgan fingerprint density at radius 1 is 1.16 bits per heavy atom. The molecule has 162 valence electrons. The van der Waals surface area contributed by atoms with Crippen LogP contribution < -0.4 is 20.1 Å². The normalized spacial score (nSPS) is 20.6. The Kier molecular flexibility index (Phi) is 5.87. The highest BCUT2D eigenvalue weighted by Crippen LogP contribution is 2.39. The Bertz CT molecular complexity index is 1040. The van der Waals surface area contributed by atoms with Gasteiger partial charge in [0.2, 0.25) is 11.8 Å². The summed E-state index contributed by atoms with van der Waals surface area (Å²) in [7, 11) is 0. The second kappa shape index (κ2) is 8.59. The van der Waals surface area contributed by atoms with E-state index < -0.39 is 5.41 Å². The Labute approximate surface area is 185 Å². The summed E-state index contributed by atoms with van der Waals surface area (Å²) in [5, 5.41) is 5.60. The Morgan fingerprint density at radius 2 is 1.90 bits per heavy atom. The lowest BCUT2D eigenvalue weighted by Gasteiger charge is -2.35. The Morgan fingerprint density at radius 3 is 2.61 bits per heavy atom. The van der Waals surface area contributed by atoms with E-state index in [-0.39, 0.29) is 17.7 Å². The fourth-order valence-corrected chi connectivity index (χ4v) is 4.27. The van der Waals surface area contributed by atoms with E-state index in [0.29, 0.717) is 60.2 Å². The number of carbonyl (C=O) groups excluding carboxylic acids is 3. The smallest absolute Gasteiger partial charge is 0.255 e. The summed E-state index contributed by atoms with van der Waals surface area (Å²) in [6, 6.07) is 10.3. The van der Waals surface area contributed by atoms with Crippen molar-refractivity contribution in [3.05, 3.63) is 52.5 Å². The van der Waals surface area contributed by atoms with Gasteiger partial charge in [0, 0.05) is 24.1 Å². The first kappa shape index (κ1) is 21.2. The molecule has 8 heteroatoms. The highest BCUT2D eigenvalue weighted by Gasteiger charge is 2.42. The molecule has 0 saturated carbocycles. The molecule has 0 bridgehead atoms. The van der Waals surface area contributed by atoms with Crippen molar-refractivity contribution in [3.8, 4) is 11.5 Å². The lowest BCUT2D eigenvalue weighted by atomic mass is 9.72. The number of anilines is 1. The van der Waals surface area contributed by atoms with Crippen LogP contribution in [0.4, 0.5) is 5.69 Å². The van der Waals surface area contributed by atoms with Crippen molar-refractivity contribution in [1.82, 2.24) is 5.32 Å². The lowest BCUT2D eigenvalue weighted by molar-refractivity contribution is -0.138. The SMILES string of the molecule is CCC1(c2ccc(NC(=O)c3cc(Cl)c4c(c3)OCCCO4)cc2)CCC(=O)NC1=O. The van der Waals surface area contributed by atoms with Crippen LogP contribution >= 0.6 is 11.6 Å². The molecule has 1 fully saturated rings.